The van der Waals surface area contributed by atoms with E-state index in [4.69, 9.17) is 8.94 Å². The lowest BCUT2D eigenvalue weighted by atomic mass is 10.0. The lowest BCUT2D eigenvalue weighted by molar-refractivity contribution is -0.139. The van der Waals surface area contributed by atoms with Crippen LogP contribution in [0.25, 0.3) is 22.4 Å². The Hall–Kier alpha value is -4.47. The van der Waals surface area contributed by atoms with Crippen molar-refractivity contribution in [1.82, 2.24) is 15.5 Å². The fraction of sp³-hybridized carbons (Fsp3) is 0.208. The van der Waals surface area contributed by atoms with E-state index in [9.17, 15) is 14.4 Å². The van der Waals surface area contributed by atoms with Crippen LogP contribution in [-0.2, 0) is 9.53 Å². The number of esters is 1. The molecular formula is C24H22N4O6. The highest BCUT2D eigenvalue weighted by molar-refractivity contribution is 6.13. The highest BCUT2D eigenvalue weighted by Gasteiger charge is 2.21. The van der Waals surface area contributed by atoms with Crippen LogP contribution in [-0.4, -0.2) is 41.6 Å². The summed E-state index contributed by atoms with van der Waals surface area (Å²) in [5, 5.41) is 9.71. The quantitative estimate of drug-likeness (QED) is 0.415. The molecular weight excluding hydrogens is 440 g/mol. The molecule has 34 heavy (non-hydrogen) atoms. The number of amides is 2. The Balaban J connectivity index is 1.65. The molecule has 3 aromatic heterocycles. The number of methoxy groups -OCH3 is 1. The smallest absolute Gasteiger partial charge is 0.325 e. The SMILES string of the molecule is COC(=O)CNC(=O)c1cccc(NC(=O)c2cc(-c3cc(C)oc3C)nc3onc(C)c23)c1. The third-order valence-corrected chi connectivity index (χ3v) is 5.18. The molecule has 0 aliphatic heterocycles. The number of benzene rings is 1. The lowest BCUT2D eigenvalue weighted by Gasteiger charge is -2.10. The van der Waals surface area contributed by atoms with Crippen LogP contribution in [0.15, 0.2) is 45.3 Å². The minimum atomic E-state index is -0.567. The number of nitrogens with one attached hydrogen (secondary N) is 2. The van der Waals surface area contributed by atoms with Crippen molar-refractivity contribution < 1.29 is 28.1 Å². The molecule has 0 aliphatic carbocycles. The second-order valence-electron chi connectivity index (χ2n) is 7.62. The van der Waals surface area contributed by atoms with Gasteiger partial charge in [-0.3, -0.25) is 14.4 Å². The number of hydrogen-bond acceptors (Lipinski definition) is 8. The molecule has 174 valence electrons. The van der Waals surface area contributed by atoms with Gasteiger partial charge in [-0.25, -0.2) is 4.98 Å². The molecule has 3 heterocycles. The minimum absolute atomic E-state index is 0.231. The summed E-state index contributed by atoms with van der Waals surface area (Å²) in [4.78, 5) is 41.4. The van der Waals surface area contributed by atoms with Crippen molar-refractivity contribution in [1.29, 1.82) is 0 Å². The molecule has 0 unspecified atom stereocenters. The van der Waals surface area contributed by atoms with Crippen molar-refractivity contribution in [2.24, 2.45) is 0 Å². The summed E-state index contributed by atoms with van der Waals surface area (Å²) in [7, 11) is 1.23. The van der Waals surface area contributed by atoms with E-state index in [1.807, 2.05) is 19.9 Å². The van der Waals surface area contributed by atoms with Crippen LogP contribution < -0.4 is 10.6 Å². The molecule has 4 rings (SSSR count). The molecule has 0 fully saturated rings. The van der Waals surface area contributed by atoms with Gasteiger partial charge in [0.05, 0.1) is 29.4 Å². The molecule has 10 nitrogen and oxygen atoms in total. The van der Waals surface area contributed by atoms with Gasteiger partial charge in [-0.2, -0.15) is 0 Å². The number of nitrogens with zero attached hydrogens (tertiary/aromatic N) is 2. The number of pyridine rings is 1. The molecule has 0 radical (unpaired) electrons. The average Bonchev–Trinajstić information content (AvgIpc) is 3.37. The topological polar surface area (TPSA) is 137 Å². The van der Waals surface area contributed by atoms with Crippen LogP contribution in [0.2, 0.25) is 0 Å². The van der Waals surface area contributed by atoms with Gasteiger partial charge in [0.2, 0.25) is 0 Å². The van der Waals surface area contributed by atoms with E-state index in [0.29, 0.717) is 33.8 Å². The van der Waals surface area contributed by atoms with Gasteiger partial charge in [-0.05, 0) is 51.1 Å². The van der Waals surface area contributed by atoms with E-state index in [1.165, 1.54) is 13.2 Å². The van der Waals surface area contributed by atoms with Gasteiger partial charge in [-0.1, -0.05) is 11.2 Å². The summed E-state index contributed by atoms with van der Waals surface area (Å²) < 4.78 is 15.5. The fourth-order valence-corrected chi connectivity index (χ4v) is 3.56. The maximum Gasteiger partial charge on any atom is 0.325 e. The Morgan fingerprint density at radius 3 is 2.56 bits per heavy atom. The number of carbonyl (C=O) groups excluding carboxylic acids is 3. The highest BCUT2D eigenvalue weighted by Crippen LogP contribution is 2.31. The molecule has 2 N–H and O–H groups in total. The number of anilines is 1. The van der Waals surface area contributed by atoms with Crippen LogP contribution in [0.4, 0.5) is 5.69 Å². The Morgan fingerprint density at radius 2 is 1.85 bits per heavy atom. The number of rotatable bonds is 6. The highest BCUT2D eigenvalue weighted by atomic mass is 16.5. The van der Waals surface area contributed by atoms with Gasteiger partial charge in [0.1, 0.15) is 18.1 Å². The Bertz CT molecular complexity index is 1420. The number of fused-ring (bicyclic) bond motifs is 1. The largest absolute Gasteiger partial charge is 0.468 e. The molecule has 0 saturated heterocycles. The maximum absolute atomic E-state index is 13.3. The summed E-state index contributed by atoms with van der Waals surface area (Å²) in [6.45, 7) is 5.11. The van der Waals surface area contributed by atoms with Crippen LogP contribution in [0.3, 0.4) is 0 Å². The Labute approximate surface area is 194 Å². The third kappa shape index (κ3) is 4.51. The predicted molar refractivity (Wildman–Crippen MR) is 122 cm³/mol. The van der Waals surface area contributed by atoms with Crippen molar-refractivity contribution in [2.45, 2.75) is 20.8 Å². The van der Waals surface area contributed by atoms with Crippen LogP contribution >= 0.6 is 0 Å². The zero-order chi connectivity index (χ0) is 24.4. The van der Waals surface area contributed by atoms with Gasteiger partial charge in [-0.15, -0.1) is 0 Å². The summed E-state index contributed by atoms with van der Waals surface area (Å²) in [6, 6.07) is 9.85. The van der Waals surface area contributed by atoms with Crippen molar-refractivity contribution in [3.8, 4) is 11.3 Å². The van der Waals surface area contributed by atoms with Crippen molar-refractivity contribution in [3.63, 3.8) is 0 Å². The van der Waals surface area contributed by atoms with E-state index in [-0.39, 0.29) is 17.8 Å². The van der Waals surface area contributed by atoms with Gasteiger partial charge < -0.3 is 24.3 Å². The molecule has 0 spiro atoms. The predicted octanol–water partition coefficient (Wildman–Crippen LogP) is 3.56. The first-order valence-corrected chi connectivity index (χ1v) is 10.4. The standard InChI is InChI=1S/C24H22N4O6/c1-12-8-17(14(3)33-12)19-10-18(21-13(2)28-34-24(21)27-19)23(31)26-16-7-5-6-15(9-16)22(30)25-11-20(29)32-4/h5-10H,11H2,1-4H3,(H,25,30)(H,26,31). The van der Waals surface area contributed by atoms with E-state index in [2.05, 4.69) is 25.5 Å². The average molecular weight is 462 g/mol. The minimum Gasteiger partial charge on any atom is -0.468 e. The van der Waals surface area contributed by atoms with Gasteiger partial charge >= 0.3 is 5.97 Å². The number of carbonyl (C=O) groups is 3. The summed E-state index contributed by atoms with van der Waals surface area (Å²) >= 11 is 0. The number of aromatic nitrogens is 2. The summed E-state index contributed by atoms with van der Waals surface area (Å²) in [5.74, 6) is -0.0859. The number of aryl methyl sites for hydroxylation is 3. The van der Waals surface area contributed by atoms with Gasteiger partial charge in [0.15, 0.2) is 0 Å². The molecule has 4 aromatic rings. The van der Waals surface area contributed by atoms with E-state index in [1.54, 1.807) is 31.2 Å². The monoisotopic (exact) mass is 462 g/mol. The van der Waals surface area contributed by atoms with Crippen molar-refractivity contribution in [3.05, 3.63) is 64.7 Å². The number of furan rings is 1. The third-order valence-electron chi connectivity index (χ3n) is 5.18. The second-order valence-corrected chi connectivity index (χ2v) is 7.62. The van der Waals surface area contributed by atoms with E-state index < -0.39 is 17.8 Å². The molecule has 0 aliphatic rings. The Kier molecular flexibility index (Phi) is 6.13. The molecule has 2 amide bonds. The molecule has 1 aromatic carbocycles. The summed E-state index contributed by atoms with van der Waals surface area (Å²) in [6.07, 6.45) is 0. The molecule has 0 bridgehead atoms. The number of hydrogen-bond donors (Lipinski definition) is 2. The lowest BCUT2D eigenvalue weighted by Crippen LogP contribution is -2.30. The van der Waals surface area contributed by atoms with Crippen molar-refractivity contribution in [2.75, 3.05) is 19.0 Å². The van der Waals surface area contributed by atoms with Gasteiger partial charge in [0, 0.05) is 16.8 Å². The molecule has 10 heteroatoms. The van der Waals surface area contributed by atoms with Crippen LogP contribution in [0.5, 0.6) is 0 Å². The zero-order valence-corrected chi connectivity index (χ0v) is 19.0. The van der Waals surface area contributed by atoms with E-state index >= 15 is 0 Å². The van der Waals surface area contributed by atoms with Crippen molar-refractivity contribution >= 4 is 34.6 Å². The van der Waals surface area contributed by atoms with Crippen LogP contribution in [0, 0.1) is 20.8 Å². The Morgan fingerprint density at radius 1 is 1.06 bits per heavy atom. The second kappa shape index (κ2) is 9.18. The fourth-order valence-electron chi connectivity index (χ4n) is 3.56. The maximum atomic E-state index is 13.3. The van der Waals surface area contributed by atoms with Crippen LogP contribution in [0.1, 0.15) is 37.9 Å². The molecule has 0 atom stereocenters. The number of ether oxygens (including phenoxy) is 1. The first-order chi connectivity index (χ1) is 16.3. The van der Waals surface area contributed by atoms with E-state index in [0.717, 1.165) is 11.3 Å². The normalized spacial score (nSPS) is 10.8. The first-order valence-electron chi connectivity index (χ1n) is 10.4. The first kappa shape index (κ1) is 22.7. The zero-order valence-electron chi connectivity index (χ0n) is 19.0. The van der Waals surface area contributed by atoms with Gasteiger partial charge in [0.25, 0.3) is 17.5 Å². The molecule has 0 saturated carbocycles. The summed E-state index contributed by atoms with van der Waals surface area (Å²) in [5.41, 5.74) is 2.99.